The highest BCUT2D eigenvalue weighted by Gasteiger charge is 2.16. The summed E-state index contributed by atoms with van der Waals surface area (Å²) in [7, 11) is 0. The monoisotopic (exact) mass is 164 g/mol. The van der Waals surface area contributed by atoms with Crippen molar-refractivity contribution in [3.63, 3.8) is 0 Å². The van der Waals surface area contributed by atoms with E-state index in [4.69, 9.17) is 0 Å². The van der Waals surface area contributed by atoms with Gasteiger partial charge in [-0.25, -0.2) is 9.97 Å². The molecule has 0 saturated heterocycles. The summed E-state index contributed by atoms with van der Waals surface area (Å²) in [5.74, 6) is 0.758. The first kappa shape index (κ1) is 8.84. The second-order valence-electron chi connectivity index (χ2n) is 3.71. The Labute approximate surface area is 71.9 Å². The molecule has 0 atom stereocenters. The summed E-state index contributed by atoms with van der Waals surface area (Å²) in [6.45, 7) is 6.09. The van der Waals surface area contributed by atoms with Crippen molar-refractivity contribution >= 4 is 6.29 Å². The van der Waals surface area contributed by atoms with E-state index in [0.29, 0.717) is 5.56 Å². The van der Waals surface area contributed by atoms with E-state index in [0.717, 1.165) is 12.1 Å². The largest absolute Gasteiger partial charge is 0.298 e. The van der Waals surface area contributed by atoms with Crippen molar-refractivity contribution in [1.82, 2.24) is 9.97 Å². The summed E-state index contributed by atoms with van der Waals surface area (Å²) in [5, 5.41) is 0. The molecule has 0 saturated carbocycles. The minimum atomic E-state index is -0.0542. The summed E-state index contributed by atoms with van der Waals surface area (Å²) >= 11 is 0. The van der Waals surface area contributed by atoms with Gasteiger partial charge in [0, 0.05) is 17.8 Å². The highest BCUT2D eigenvalue weighted by atomic mass is 16.1. The van der Waals surface area contributed by atoms with E-state index >= 15 is 0 Å². The number of hydrogen-bond donors (Lipinski definition) is 0. The smallest absolute Gasteiger partial charge is 0.153 e. The van der Waals surface area contributed by atoms with E-state index in [2.05, 4.69) is 9.97 Å². The van der Waals surface area contributed by atoms with Crippen molar-refractivity contribution in [2.45, 2.75) is 26.2 Å². The molecule has 0 radical (unpaired) electrons. The maximum Gasteiger partial charge on any atom is 0.153 e. The average molecular weight is 164 g/mol. The maximum absolute atomic E-state index is 10.3. The average Bonchev–Trinajstić information content (AvgIpc) is 2.03. The molecule has 0 aromatic carbocycles. The molecule has 1 aromatic rings. The van der Waals surface area contributed by atoms with Gasteiger partial charge in [-0.15, -0.1) is 0 Å². The molecule has 0 aliphatic carbocycles. The molecular formula is C9H12N2O. The summed E-state index contributed by atoms with van der Waals surface area (Å²) in [6, 6.07) is 0. The van der Waals surface area contributed by atoms with Crippen LogP contribution in [-0.2, 0) is 5.41 Å². The number of aldehydes is 1. The lowest BCUT2D eigenvalue weighted by Gasteiger charge is -2.15. The zero-order valence-electron chi connectivity index (χ0n) is 7.53. The zero-order valence-corrected chi connectivity index (χ0v) is 7.53. The molecule has 0 aliphatic rings. The van der Waals surface area contributed by atoms with Gasteiger partial charge in [0.1, 0.15) is 5.82 Å². The van der Waals surface area contributed by atoms with Gasteiger partial charge in [0.15, 0.2) is 6.29 Å². The molecule has 12 heavy (non-hydrogen) atoms. The molecule has 0 amide bonds. The number of hydrogen-bond acceptors (Lipinski definition) is 3. The molecule has 1 aromatic heterocycles. The molecule has 0 unspecified atom stereocenters. The number of carbonyl (C=O) groups excluding carboxylic acids is 1. The van der Waals surface area contributed by atoms with Gasteiger partial charge < -0.3 is 0 Å². The fourth-order valence-electron chi connectivity index (χ4n) is 0.786. The van der Waals surface area contributed by atoms with Gasteiger partial charge >= 0.3 is 0 Å². The van der Waals surface area contributed by atoms with Crippen LogP contribution in [0.2, 0.25) is 0 Å². The molecule has 3 heteroatoms. The molecule has 0 aliphatic heterocycles. The molecule has 1 heterocycles. The van der Waals surface area contributed by atoms with E-state index in [9.17, 15) is 4.79 Å². The van der Waals surface area contributed by atoms with Crippen molar-refractivity contribution in [3.05, 3.63) is 23.8 Å². The molecule has 64 valence electrons. The first-order valence-corrected chi connectivity index (χ1v) is 3.82. The highest BCUT2D eigenvalue weighted by molar-refractivity contribution is 5.73. The van der Waals surface area contributed by atoms with Gasteiger partial charge in [-0.3, -0.25) is 4.79 Å². The van der Waals surface area contributed by atoms with Crippen molar-refractivity contribution in [2.24, 2.45) is 0 Å². The van der Waals surface area contributed by atoms with Crippen LogP contribution in [0.4, 0.5) is 0 Å². The molecule has 3 nitrogen and oxygen atoms in total. The number of aromatic nitrogens is 2. The van der Waals surface area contributed by atoms with Crippen LogP contribution in [0.15, 0.2) is 12.4 Å². The second-order valence-corrected chi connectivity index (χ2v) is 3.71. The normalized spacial score (nSPS) is 11.2. The Bertz CT molecular complexity index is 272. The Morgan fingerprint density at radius 3 is 2.08 bits per heavy atom. The zero-order chi connectivity index (χ0) is 9.19. The predicted octanol–water partition coefficient (Wildman–Crippen LogP) is 1.59. The number of nitrogens with zero attached hydrogens (tertiary/aromatic N) is 2. The van der Waals surface area contributed by atoms with Crippen LogP contribution >= 0.6 is 0 Å². The van der Waals surface area contributed by atoms with Crippen LogP contribution < -0.4 is 0 Å². The lowest BCUT2D eigenvalue weighted by atomic mass is 9.96. The highest BCUT2D eigenvalue weighted by Crippen LogP contribution is 2.16. The molecule has 0 spiro atoms. The molecular weight excluding hydrogens is 152 g/mol. The second kappa shape index (κ2) is 3.01. The fourth-order valence-corrected chi connectivity index (χ4v) is 0.786. The van der Waals surface area contributed by atoms with Crippen molar-refractivity contribution in [1.29, 1.82) is 0 Å². The predicted molar refractivity (Wildman–Crippen MR) is 46.1 cm³/mol. The van der Waals surface area contributed by atoms with Crippen LogP contribution in [0, 0.1) is 0 Å². The third kappa shape index (κ3) is 1.87. The Kier molecular flexibility index (Phi) is 2.22. The van der Waals surface area contributed by atoms with Gasteiger partial charge in [-0.1, -0.05) is 20.8 Å². The third-order valence-corrected chi connectivity index (χ3v) is 1.48. The summed E-state index contributed by atoms with van der Waals surface area (Å²) < 4.78 is 0. The van der Waals surface area contributed by atoms with Gasteiger partial charge in [0.2, 0.25) is 0 Å². The van der Waals surface area contributed by atoms with Crippen molar-refractivity contribution in [2.75, 3.05) is 0 Å². The first-order valence-electron chi connectivity index (χ1n) is 3.82. The van der Waals surface area contributed by atoms with Crippen molar-refractivity contribution in [3.8, 4) is 0 Å². The van der Waals surface area contributed by atoms with E-state index in [1.807, 2.05) is 20.8 Å². The van der Waals surface area contributed by atoms with Gasteiger partial charge in [-0.2, -0.15) is 0 Å². The fraction of sp³-hybridized carbons (Fsp3) is 0.444. The number of carbonyl (C=O) groups is 1. The topological polar surface area (TPSA) is 42.9 Å². The summed E-state index contributed by atoms with van der Waals surface area (Å²) in [5.41, 5.74) is 0.463. The van der Waals surface area contributed by atoms with E-state index < -0.39 is 0 Å². The Hall–Kier alpha value is -1.25. The van der Waals surface area contributed by atoms with Crippen LogP contribution in [0.5, 0.6) is 0 Å². The Balaban J connectivity index is 3.00. The molecule has 1 rings (SSSR count). The quantitative estimate of drug-likeness (QED) is 0.592. The first-order chi connectivity index (χ1) is 5.54. The SMILES string of the molecule is CC(C)(C)c1ncc(C=O)cn1. The minimum absolute atomic E-state index is 0.0542. The minimum Gasteiger partial charge on any atom is -0.298 e. The molecule has 0 bridgehead atoms. The van der Waals surface area contributed by atoms with Crippen LogP contribution in [0.3, 0.4) is 0 Å². The van der Waals surface area contributed by atoms with E-state index in [-0.39, 0.29) is 5.41 Å². The number of rotatable bonds is 1. The van der Waals surface area contributed by atoms with Gasteiger partial charge in [0.05, 0.1) is 5.56 Å². The van der Waals surface area contributed by atoms with Crippen LogP contribution in [0.25, 0.3) is 0 Å². The van der Waals surface area contributed by atoms with Crippen LogP contribution in [-0.4, -0.2) is 16.3 Å². The van der Waals surface area contributed by atoms with Gasteiger partial charge in [0.25, 0.3) is 0 Å². The lowest BCUT2D eigenvalue weighted by Crippen LogP contribution is -2.15. The summed E-state index contributed by atoms with van der Waals surface area (Å²) in [4.78, 5) is 18.4. The Morgan fingerprint density at radius 1 is 1.25 bits per heavy atom. The van der Waals surface area contributed by atoms with E-state index in [1.54, 1.807) is 12.4 Å². The molecule has 0 N–H and O–H groups in total. The lowest BCUT2D eigenvalue weighted by molar-refractivity contribution is 0.112. The third-order valence-electron chi connectivity index (χ3n) is 1.48. The summed E-state index contributed by atoms with van der Waals surface area (Å²) in [6.07, 6.45) is 3.83. The van der Waals surface area contributed by atoms with Crippen molar-refractivity contribution < 1.29 is 4.79 Å². The van der Waals surface area contributed by atoms with E-state index in [1.165, 1.54) is 0 Å². The molecule has 0 fully saturated rings. The van der Waals surface area contributed by atoms with Crippen LogP contribution in [0.1, 0.15) is 37.0 Å². The van der Waals surface area contributed by atoms with Gasteiger partial charge in [-0.05, 0) is 0 Å². The standard InChI is InChI=1S/C9H12N2O/c1-9(2,3)8-10-4-7(6-12)5-11-8/h4-6H,1-3H3. The Morgan fingerprint density at radius 2 is 1.75 bits per heavy atom. The maximum atomic E-state index is 10.3.